The number of nitrogens with one attached hydrogen (secondary N) is 2. The number of rotatable bonds is 7. The molecule has 1 heterocycles. The summed E-state index contributed by atoms with van der Waals surface area (Å²) in [5.74, 6) is -1.38. The summed E-state index contributed by atoms with van der Waals surface area (Å²) in [6.07, 6.45) is 2.45. The maximum Gasteiger partial charge on any atom is 0.308 e. The number of nitrogens with zero attached hydrogens (tertiary/aromatic N) is 1. The van der Waals surface area contributed by atoms with Gasteiger partial charge in [0.25, 0.3) is 0 Å². The van der Waals surface area contributed by atoms with Crippen molar-refractivity contribution in [3.63, 3.8) is 0 Å². The maximum absolute atomic E-state index is 11.8. The van der Waals surface area contributed by atoms with Crippen LogP contribution < -0.4 is 10.6 Å². The summed E-state index contributed by atoms with van der Waals surface area (Å²) in [6, 6.07) is 0. The van der Waals surface area contributed by atoms with Crippen LogP contribution in [0.4, 0.5) is 0 Å². The van der Waals surface area contributed by atoms with Gasteiger partial charge >= 0.3 is 5.97 Å². The molecule has 0 spiro atoms. The van der Waals surface area contributed by atoms with Gasteiger partial charge in [0.2, 0.25) is 5.91 Å². The van der Waals surface area contributed by atoms with Crippen LogP contribution in [0.15, 0.2) is 0 Å². The summed E-state index contributed by atoms with van der Waals surface area (Å²) in [5, 5.41) is 15.0. The molecular weight excluding hydrogens is 246 g/mol. The van der Waals surface area contributed by atoms with Gasteiger partial charge in [0.15, 0.2) is 0 Å². The minimum atomic E-state index is -0.832. The molecule has 0 saturated carbocycles. The monoisotopic (exact) mass is 271 g/mol. The van der Waals surface area contributed by atoms with E-state index in [4.69, 9.17) is 5.11 Å². The van der Waals surface area contributed by atoms with Gasteiger partial charge in [-0.2, -0.15) is 0 Å². The van der Waals surface area contributed by atoms with Crippen LogP contribution in [-0.2, 0) is 9.59 Å². The predicted molar refractivity (Wildman–Crippen MR) is 73.0 cm³/mol. The summed E-state index contributed by atoms with van der Waals surface area (Å²) < 4.78 is 0. The van der Waals surface area contributed by atoms with E-state index in [9.17, 15) is 9.59 Å². The number of carbonyl (C=O) groups excluding carboxylic acids is 1. The van der Waals surface area contributed by atoms with Crippen molar-refractivity contribution in [2.75, 3.05) is 39.3 Å². The Kier molecular flexibility index (Phi) is 7.43. The van der Waals surface area contributed by atoms with Crippen molar-refractivity contribution in [1.29, 1.82) is 0 Å². The maximum atomic E-state index is 11.8. The summed E-state index contributed by atoms with van der Waals surface area (Å²) in [7, 11) is 0. The topological polar surface area (TPSA) is 81.7 Å². The van der Waals surface area contributed by atoms with E-state index in [0.29, 0.717) is 13.0 Å². The van der Waals surface area contributed by atoms with Crippen LogP contribution in [-0.4, -0.2) is 61.2 Å². The van der Waals surface area contributed by atoms with Gasteiger partial charge in [-0.25, -0.2) is 0 Å². The molecule has 1 fully saturated rings. The average Bonchev–Trinajstić information content (AvgIpc) is 2.62. The van der Waals surface area contributed by atoms with E-state index in [1.807, 2.05) is 6.92 Å². The van der Waals surface area contributed by atoms with Crippen molar-refractivity contribution in [1.82, 2.24) is 15.5 Å². The van der Waals surface area contributed by atoms with Crippen molar-refractivity contribution in [3.8, 4) is 0 Å². The number of carboxylic acids is 1. The van der Waals surface area contributed by atoms with Gasteiger partial charge in [0, 0.05) is 19.6 Å². The molecule has 0 aliphatic carbocycles. The van der Waals surface area contributed by atoms with Crippen molar-refractivity contribution >= 4 is 11.9 Å². The minimum Gasteiger partial charge on any atom is -0.481 e. The SMILES string of the molecule is CCCC(CNC(=O)CN1CCCNCC1)C(=O)O. The van der Waals surface area contributed by atoms with Gasteiger partial charge in [0.1, 0.15) is 0 Å². The van der Waals surface area contributed by atoms with Crippen LogP contribution in [0.3, 0.4) is 0 Å². The van der Waals surface area contributed by atoms with Crippen molar-refractivity contribution in [2.24, 2.45) is 5.92 Å². The molecule has 1 amide bonds. The van der Waals surface area contributed by atoms with Crippen molar-refractivity contribution in [3.05, 3.63) is 0 Å². The van der Waals surface area contributed by atoms with E-state index >= 15 is 0 Å². The molecule has 1 saturated heterocycles. The smallest absolute Gasteiger partial charge is 0.308 e. The van der Waals surface area contributed by atoms with Crippen LogP contribution in [0.1, 0.15) is 26.2 Å². The highest BCUT2D eigenvalue weighted by Crippen LogP contribution is 2.05. The average molecular weight is 271 g/mol. The van der Waals surface area contributed by atoms with Crippen LogP contribution in [0.2, 0.25) is 0 Å². The number of hydrogen-bond donors (Lipinski definition) is 3. The zero-order valence-electron chi connectivity index (χ0n) is 11.7. The molecule has 0 radical (unpaired) electrons. The molecule has 0 aromatic heterocycles. The lowest BCUT2D eigenvalue weighted by Crippen LogP contribution is -2.41. The molecule has 1 aliphatic heterocycles. The molecule has 0 aromatic carbocycles. The summed E-state index contributed by atoms with van der Waals surface area (Å²) >= 11 is 0. The van der Waals surface area contributed by atoms with Crippen molar-refractivity contribution < 1.29 is 14.7 Å². The first-order valence-electron chi connectivity index (χ1n) is 7.06. The Balaban J connectivity index is 2.27. The fraction of sp³-hybridized carbons (Fsp3) is 0.846. The van der Waals surface area contributed by atoms with Crippen LogP contribution in [0, 0.1) is 5.92 Å². The lowest BCUT2D eigenvalue weighted by atomic mass is 10.0. The second-order valence-corrected chi connectivity index (χ2v) is 5.01. The van der Waals surface area contributed by atoms with E-state index in [1.54, 1.807) is 0 Å². The van der Waals surface area contributed by atoms with Crippen LogP contribution in [0.25, 0.3) is 0 Å². The Labute approximate surface area is 114 Å². The van der Waals surface area contributed by atoms with E-state index in [2.05, 4.69) is 15.5 Å². The lowest BCUT2D eigenvalue weighted by Gasteiger charge is -2.19. The third kappa shape index (κ3) is 6.54. The molecule has 6 heteroatoms. The van der Waals surface area contributed by atoms with Crippen LogP contribution in [0.5, 0.6) is 0 Å². The van der Waals surface area contributed by atoms with E-state index in [1.165, 1.54) is 0 Å². The molecule has 3 N–H and O–H groups in total. The molecule has 0 aromatic rings. The van der Waals surface area contributed by atoms with E-state index in [0.717, 1.165) is 39.0 Å². The molecule has 19 heavy (non-hydrogen) atoms. The third-order valence-electron chi connectivity index (χ3n) is 3.33. The molecule has 6 nitrogen and oxygen atoms in total. The van der Waals surface area contributed by atoms with Gasteiger partial charge in [-0.1, -0.05) is 13.3 Å². The predicted octanol–water partition coefficient (Wildman–Crippen LogP) is -0.101. The molecular formula is C13H25N3O3. The Morgan fingerprint density at radius 3 is 2.84 bits per heavy atom. The number of amides is 1. The van der Waals surface area contributed by atoms with E-state index in [-0.39, 0.29) is 12.5 Å². The van der Waals surface area contributed by atoms with Gasteiger partial charge in [-0.3, -0.25) is 14.5 Å². The zero-order chi connectivity index (χ0) is 14.1. The fourth-order valence-electron chi connectivity index (χ4n) is 2.22. The Bertz CT molecular complexity index is 289. The first kappa shape index (κ1) is 15.9. The Hall–Kier alpha value is -1.14. The third-order valence-corrected chi connectivity index (χ3v) is 3.33. The number of carboxylic acid groups (broad SMARTS) is 1. The van der Waals surface area contributed by atoms with Crippen LogP contribution >= 0.6 is 0 Å². The molecule has 0 bridgehead atoms. The normalized spacial score (nSPS) is 18.6. The quantitative estimate of drug-likeness (QED) is 0.602. The highest BCUT2D eigenvalue weighted by molar-refractivity contribution is 5.79. The number of hydrogen-bond acceptors (Lipinski definition) is 4. The zero-order valence-corrected chi connectivity index (χ0v) is 11.7. The summed E-state index contributed by atoms with van der Waals surface area (Å²) in [5.41, 5.74) is 0. The summed E-state index contributed by atoms with van der Waals surface area (Å²) in [4.78, 5) is 24.9. The largest absolute Gasteiger partial charge is 0.481 e. The second-order valence-electron chi connectivity index (χ2n) is 5.01. The molecule has 1 unspecified atom stereocenters. The van der Waals surface area contributed by atoms with Gasteiger partial charge in [-0.15, -0.1) is 0 Å². The number of aliphatic carboxylic acids is 1. The standard InChI is InChI=1S/C13H25N3O3/c1-2-4-11(13(18)19)9-15-12(17)10-16-7-3-5-14-6-8-16/h11,14H,2-10H2,1H3,(H,15,17)(H,18,19). The van der Waals surface area contributed by atoms with Gasteiger partial charge in [0.05, 0.1) is 12.5 Å². The van der Waals surface area contributed by atoms with E-state index < -0.39 is 11.9 Å². The highest BCUT2D eigenvalue weighted by Gasteiger charge is 2.18. The molecule has 110 valence electrons. The minimum absolute atomic E-state index is 0.0794. The number of carbonyl (C=O) groups is 2. The van der Waals surface area contributed by atoms with Crippen molar-refractivity contribution in [2.45, 2.75) is 26.2 Å². The molecule has 1 aliphatic rings. The lowest BCUT2D eigenvalue weighted by molar-refractivity contribution is -0.142. The first-order valence-corrected chi connectivity index (χ1v) is 7.06. The Morgan fingerprint density at radius 2 is 2.16 bits per heavy atom. The van der Waals surface area contributed by atoms with Gasteiger partial charge in [-0.05, 0) is 25.9 Å². The summed E-state index contributed by atoms with van der Waals surface area (Å²) in [6.45, 7) is 6.22. The molecule has 1 rings (SSSR count). The van der Waals surface area contributed by atoms with Gasteiger partial charge < -0.3 is 15.7 Å². The fourth-order valence-corrected chi connectivity index (χ4v) is 2.22. The highest BCUT2D eigenvalue weighted by atomic mass is 16.4. The first-order chi connectivity index (χ1) is 9.13. The molecule has 1 atom stereocenters. The second kappa shape index (κ2) is 8.87. The Morgan fingerprint density at radius 1 is 1.37 bits per heavy atom.